The number of rotatable bonds is 4. The maximum absolute atomic E-state index is 12.0. The highest BCUT2D eigenvalue weighted by molar-refractivity contribution is 7.14. The summed E-state index contributed by atoms with van der Waals surface area (Å²) in [6, 6.07) is 5.14. The number of fused-ring (bicyclic) bond motifs is 1. The van der Waals surface area contributed by atoms with Crippen LogP contribution in [0, 0.1) is 0 Å². The van der Waals surface area contributed by atoms with Crippen molar-refractivity contribution < 1.29 is 14.3 Å². The summed E-state index contributed by atoms with van der Waals surface area (Å²) in [6.07, 6.45) is 7.53. The minimum Gasteiger partial charge on any atom is -0.453 e. The number of aryl methyl sites for hydroxylation is 2. The summed E-state index contributed by atoms with van der Waals surface area (Å²) in [7, 11) is 0. The zero-order chi connectivity index (χ0) is 14.7. The Morgan fingerprint density at radius 2 is 1.95 bits per heavy atom. The molecule has 0 bridgehead atoms. The summed E-state index contributed by atoms with van der Waals surface area (Å²) in [5.41, 5.74) is 1.77. The van der Waals surface area contributed by atoms with Crippen molar-refractivity contribution in [2.24, 2.45) is 0 Å². The topological polar surface area (TPSA) is 56.3 Å². The lowest BCUT2D eigenvalue weighted by atomic mass is 9.99. The molecule has 0 saturated heterocycles. The third-order valence-electron chi connectivity index (χ3n) is 3.53. The van der Waals surface area contributed by atoms with Gasteiger partial charge in [0.2, 0.25) is 0 Å². The van der Waals surface area contributed by atoms with Gasteiger partial charge in [-0.2, -0.15) is 0 Å². The Balaban J connectivity index is 1.62. The van der Waals surface area contributed by atoms with Crippen molar-refractivity contribution in [2.75, 3.05) is 6.61 Å². The maximum atomic E-state index is 12.0. The normalized spacial score (nSPS) is 13.5. The fourth-order valence-electron chi connectivity index (χ4n) is 2.41. The summed E-state index contributed by atoms with van der Waals surface area (Å²) in [5, 5.41) is 0. The van der Waals surface area contributed by atoms with Crippen molar-refractivity contribution in [1.29, 1.82) is 0 Å². The summed E-state index contributed by atoms with van der Waals surface area (Å²) >= 11 is 1.50. The van der Waals surface area contributed by atoms with Crippen molar-refractivity contribution in [3.05, 3.63) is 51.5 Å². The molecule has 0 atom stereocenters. The van der Waals surface area contributed by atoms with Gasteiger partial charge in [-0.3, -0.25) is 9.78 Å². The fraction of sp³-hybridized carbons (Fsp3) is 0.312. The second-order valence-electron chi connectivity index (χ2n) is 5.00. The highest BCUT2D eigenvalue weighted by atomic mass is 32.1. The molecule has 108 valence electrons. The van der Waals surface area contributed by atoms with Gasteiger partial charge in [0.15, 0.2) is 12.4 Å². The first-order valence-corrected chi connectivity index (χ1v) is 7.77. The number of Topliss-reactive ketones (excluding diaryl/α,β-unsaturated/α-hetero) is 1. The summed E-state index contributed by atoms with van der Waals surface area (Å²) in [5.74, 6) is -0.621. The molecule has 0 aliphatic heterocycles. The Kier molecular flexibility index (Phi) is 4.10. The highest BCUT2D eigenvalue weighted by Gasteiger charge is 2.19. The molecule has 0 aromatic carbocycles. The largest absolute Gasteiger partial charge is 0.453 e. The van der Waals surface area contributed by atoms with Crippen LogP contribution in [0.15, 0.2) is 30.6 Å². The van der Waals surface area contributed by atoms with Crippen LogP contribution in [0.5, 0.6) is 0 Å². The van der Waals surface area contributed by atoms with Crippen LogP contribution in [0.2, 0.25) is 0 Å². The van der Waals surface area contributed by atoms with Gasteiger partial charge in [-0.1, -0.05) is 0 Å². The number of nitrogens with zero attached hydrogens (tertiary/aromatic N) is 1. The van der Waals surface area contributed by atoms with Crippen molar-refractivity contribution in [2.45, 2.75) is 25.7 Å². The second-order valence-corrected chi connectivity index (χ2v) is 6.14. The fourth-order valence-corrected chi connectivity index (χ4v) is 3.56. The van der Waals surface area contributed by atoms with Crippen molar-refractivity contribution >= 4 is 23.1 Å². The molecule has 5 heteroatoms. The molecule has 0 amide bonds. The van der Waals surface area contributed by atoms with Gasteiger partial charge >= 0.3 is 5.97 Å². The SMILES string of the molecule is O=C(COC(=O)c1cc2c(s1)CCCC2)c1ccncc1. The Morgan fingerprint density at radius 3 is 2.71 bits per heavy atom. The van der Waals surface area contributed by atoms with Crippen LogP contribution in [0.3, 0.4) is 0 Å². The predicted octanol–water partition coefficient (Wildman–Crippen LogP) is 3.06. The van der Waals surface area contributed by atoms with E-state index in [0.29, 0.717) is 10.4 Å². The Labute approximate surface area is 126 Å². The van der Waals surface area contributed by atoms with E-state index in [4.69, 9.17) is 4.74 Å². The van der Waals surface area contributed by atoms with Gasteiger partial charge in [-0.05, 0) is 49.4 Å². The van der Waals surface area contributed by atoms with Crippen LogP contribution in [0.1, 0.15) is 43.3 Å². The van der Waals surface area contributed by atoms with Gasteiger partial charge in [0, 0.05) is 22.8 Å². The number of ether oxygens (including phenoxy) is 1. The Morgan fingerprint density at radius 1 is 1.19 bits per heavy atom. The molecule has 3 rings (SSSR count). The maximum Gasteiger partial charge on any atom is 0.348 e. The molecule has 0 unspecified atom stereocenters. The summed E-state index contributed by atoms with van der Waals surface area (Å²) in [6.45, 7) is -0.231. The van der Waals surface area contributed by atoms with E-state index < -0.39 is 5.97 Å². The standard InChI is InChI=1S/C16H15NO3S/c18-13(11-5-7-17-8-6-11)10-20-16(19)15-9-12-3-1-2-4-14(12)21-15/h5-9H,1-4,10H2. The van der Waals surface area contributed by atoms with E-state index in [9.17, 15) is 9.59 Å². The number of carbonyl (C=O) groups is 2. The number of esters is 1. The number of pyridine rings is 1. The summed E-state index contributed by atoms with van der Waals surface area (Å²) < 4.78 is 5.12. The van der Waals surface area contributed by atoms with E-state index in [2.05, 4.69) is 4.98 Å². The second kappa shape index (κ2) is 6.18. The first-order chi connectivity index (χ1) is 10.2. The van der Waals surface area contributed by atoms with Crippen LogP contribution in [0.25, 0.3) is 0 Å². The van der Waals surface area contributed by atoms with E-state index in [-0.39, 0.29) is 12.4 Å². The van der Waals surface area contributed by atoms with Crippen LogP contribution in [-0.4, -0.2) is 23.3 Å². The van der Waals surface area contributed by atoms with E-state index in [0.717, 1.165) is 12.8 Å². The zero-order valence-electron chi connectivity index (χ0n) is 11.5. The Hall–Kier alpha value is -2.01. The third kappa shape index (κ3) is 3.19. The van der Waals surface area contributed by atoms with Crippen molar-refractivity contribution in [3.8, 4) is 0 Å². The quantitative estimate of drug-likeness (QED) is 0.643. The van der Waals surface area contributed by atoms with E-state index in [1.165, 1.54) is 34.6 Å². The van der Waals surface area contributed by atoms with Crippen LogP contribution >= 0.6 is 11.3 Å². The third-order valence-corrected chi connectivity index (χ3v) is 4.75. The van der Waals surface area contributed by atoms with Gasteiger partial charge < -0.3 is 4.74 Å². The molecule has 21 heavy (non-hydrogen) atoms. The van der Waals surface area contributed by atoms with Crippen molar-refractivity contribution in [1.82, 2.24) is 4.98 Å². The first-order valence-electron chi connectivity index (χ1n) is 6.96. The number of carbonyl (C=O) groups excluding carboxylic acids is 2. The lowest BCUT2D eigenvalue weighted by Crippen LogP contribution is -2.13. The predicted molar refractivity (Wildman–Crippen MR) is 79.8 cm³/mol. The molecule has 1 aliphatic rings. The number of hydrogen-bond acceptors (Lipinski definition) is 5. The van der Waals surface area contributed by atoms with Crippen LogP contribution in [-0.2, 0) is 17.6 Å². The van der Waals surface area contributed by atoms with E-state index >= 15 is 0 Å². The molecule has 0 N–H and O–H groups in total. The number of ketones is 1. The molecule has 0 spiro atoms. The molecule has 2 aromatic rings. The monoisotopic (exact) mass is 301 g/mol. The minimum absolute atomic E-state index is 0.216. The lowest BCUT2D eigenvalue weighted by molar-refractivity contribution is 0.0479. The Bertz CT molecular complexity index is 640. The van der Waals surface area contributed by atoms with Gasteiger partial charge in [0.05, 0.1) is 0 Å². The molecule has 2 heterocycles. The lowest BCUT2D eigenvalue weighted by Gasteiger charge is -2.08. The molecule has 0 radical (unpaired) electrons. The van der Waals surface area contributed by atoms with Gasteiger partial charge in [-0.15, -0.1) is 11.3 Å². The van der Waals surface area contributed by atoms with Gasteiger partial charge in [0.25, 0.3) is 0 Å². The number of hydrogen-bond donors (Lipinski definition) is 0. The molecular weight excluding hydrogens is 286 g/mol. The molecule has 1 aliphatic carbocycles. The minimum atomic E-state index is -0.406. The molecule has 2 aromatic heterocycles. The van der Waals surface area contributed by atoms with E-state index in [1.54, 1.807) is 24.5 Å². The number of aromatic nitrogens is 1. The molecule has 0 fully saturated rings. The first kappa shape index (κ1) is 13.9. The van der Waals surface area contributed by atoms with Crippen LogP contribution in [0.4, 0.5) is 0 Å². The smallest absolute Gasteiger partial charge is 0.348 e. The number of thiophene rings is 1. The average molecular weight is 301 g/mol. The van der Waals surface area contributed by atoms with Crippen molar-refractivity contribution in [3.63, 3.8) is 0 Å². The highest BCUT2D eigenvalue weighted by Crippen LogP contribution is 2.30. The van der Waals surface area contributed by atoms with Gasteiger partial charge in [0.1, 0.15) is 4.88 Å². The van der Waals surface area contributed by atoms with E-state index in [1.807, 2.05) is 6.07 Å². The average Bonchev–Trinajstić information content (AvgIpc) is 2.97. The molecule has 4 nitrogen and oxygen atoms in total. The van der Waals surface area contributed by atoms with Gasteiger partial charge in [-0.25, -0.2) is 4.79 Å². The molecule has 0 saturated carbocycles. The summed E-state index contributed by atoms with van der Waals surface area (Å²) in [4.78, 5) is 29.6. The molecular formula is C16H15NO3S. The zero-order valence-corrected chi connectivity index (χ0v) is 12.3. The van der Waals surface area contributed by atoms with Crippen LogP contribution < -0.4 is 0 Å².